The fraction of sp³-hybridized carbons (Fsp3) is 0.867. The van der Waals surface area contributed by atoms with E-state index in [2.05, 4.69) is 13.8 Å². The molecule has 1 fully saturated rings. The molecule has 0 aromatic rings. The predicted octanol–water partition coefficient (Wildman–Crippen LogP) is 2.00. The van der Waals surface area contributed by atoms with Crippen molar-refractivity contribution in [3.8, 4) is 0 Å². The van der Waals surface area contributed by atoms with Gasteiger partial charge in [-0.15, -0.1) is 0 Å². The van der Waals surface area contributed by atoms with E-state index in [0.717, 1.165) is 25.7 Å². The Labute approximate surface area is 121 Å². The average Bonchev–Trinajstić information content (AvgIpc) is 2.36. The van der Waals surface area contributed by atoms with Crippen LogP contribution in [0.25, 0.3) is 0 Å². The molecule has 3 N–H and O–H groups in total. The number of hydrogen-bond acceptors (Lipinski definition) is 3. The number of rotatable bonds is 6. The number of nitrogens with two attached hydrogens (primary N) is 1. The topological polar surface area (TPSA) is 83.6 Å². The Bertz CT molecular complexity index is 368. The lowest BCUT2D eigenvalue weighted by Gasteiger charge is -2.42. The molecule has 5 nitrogen and oxygen atoms in total. The van der Waals surface area contributed by atoms with Crippen molar-refractivity contribution in [1.29, 1.82) is 0 Å². The molecular weight excluding hydrogens is 256 g/mol. The van der Waals surface area contributed by atoms with Crippen LogP contribution in [0.2, 0.25) is 0 Å². The van der Waals surface area contributed by atoms with Gasteiger partial charge in [0.25, 0.3) is 0 Å². The molecule has 0 aromatic carbocycles. The Morgan fingerprint density at radius 1 is 1.30 bits per heavy atom. The Balaban J connectivity index is 2.67. The zero-order valence-electron chi connectivity index (χ0n) is 12.9. The van der Waals surface area contributed by atoms with Gasteiger partial charge < -0.3 is 15.7 Å². The van der Waals surface area contributed by atoms with E-state index in [1.807, 2.05) is 0 Å². The molecule has 0 spiro atoms. The van der Waals surface area contributed by atoms with Gasteiger partial charge in [-0.05, 0) is 51.0 Å². The van der Waals surface area contributed by atoms with Crippen molar-refractivity contribution < 1.29 is 14.7 Å². The summed E-state index contributed by atoms with van der Waals surface area (Å²) in [6.07, 6.45) is 4.31. The summed E-state index contributed by atoms with van der Waals surface area (Å²) in [7, 11) is 0. The summed E-state index contributed by atoms with van der Waals surface area (Å²) in [6, 6.07) is 0. The number of carbonyl (C=O) groups excluding carboxylic acids is 1. The summed E-state index contributed by atoms with van der Waals surface area (Å²) in [5.41, 5.74) is 4.57. The van der Waals surface area contributed by atoms with Crippen LogP contribution in [0.5, 0.6) is 0 Å². The summed E-state index contributed by atoms with van der Waals surface area (Å²) >= 11 is 0. The summed E-state index contributed by atoms with van der Waals surface area (Å²) in [5.74, 6) is -0.938. The standard InChI is InChI=1S/C15H28N2O3/c1-14(2,9-10-16)8-6-12(18)17-11-5-4-7-15(17,3)13(19)20/h4-11,16H2,1-3H3,(H,19,20). The minimum Gasteiger partial charge on any atom is -0.480 e. The van der Waals surface area contributed by atoms with Crippen molar-refractivity contribution in [3.63, 3.8) is 0 Å². The van der Waals surface area contributed by atoms with Crippen molar-refractivity contribution in [1.82, 2.24) is 4.90 Å². The van der Waals surface area contributed by atoms with Crippen molar-refractivity contribution in [2.75, 3.05) is 13.1 Å². The van der Waals surface area contributed by atoms with E-state index in [1.165, 1.54) is 0 Å². The fourth-order valence-electron chi connectivity index (χ4n) is 2.84. The van der Waals surface area contributed by atoms with Gasteiger partial charge in [0.2, 0.25) is 5.91 Å². The highest BCUT2D eigenvalue weighted by molar-refractivity contribution is 5.87. The molecule has 5 heteroatoms. The first-order valence-corrected chi connectivity index (χ1v) is 7.47. The molecule has 0 aliphatic carbocycles. The fourth-order valence-corrected chi connectivity index (χ4v) is 2.84. The van der Waals surface area contributed by atoms with E-state index in [-0.39, 0.29) is 11.3 Å². The second-order valence-electron chi connectivity index (χ2n) is 6.78. The maximum atomic E-state index is 12.4. The molecule has 1 heterocycles. The third-order valence-corrected chi connectivity index (χ3v) is 4.49. The molecule has 116 valence electrons. The van der Waals surface area contributed by atoms with E-state index in [9.17, 15) is 14.7 Å². The number of aliphatic carboxylic acids is 1. The van der Waals surface area contributed by atoms with Crippen LogP contribution in [0.1, 0.15) is 59.3 Å². The Kier molecular flexibility index (Phi) is 5.57. The van der Waals surface area contributed by atoms with E-state index in [1.54, 1.807) is 11.8 Å². The second-order valence-corrected chi connectivity index (χ2v) is 6.78. The normalized spacial score (nSPS) is 23.7. The monoisotopic (exact) mass is 284 g/mol. The first-order valence-electron chi connectivity index (χ1n) is 7.47. The number of piperidine rings is 1. The number of carboxylic acid groups (broad SMARTS) is 1. The van der Waals surface area contributed by atoms with Crippen molar-refractivity contribution >= 4 is 11.9 Å². The van der Waals surface area contributed by atoms with Crippen LogP contribution in [0, 0.1) is 5.41 Å². The van der Waals surface area contributed by atoms with Crippen molar-refractivity contribution in [3.05, 3.63) is 0 Å². The molecule has 1 unspecified atom stereocenters. The van der Waals surface area contributed by atoms with Crippen molar-refractivity contribution in [2.24, 2.45) is 11.1 Å². The lowest BCUT2D eigenvalue weighted by Crippen LogP contribution is -2.57. The first kappa shape index (κ1) is 17.0. The van der Waals surface area contributed by atoms with E-state index in [0.29, 0.717) is 25.9 Å². The predicted molar refractivity (Wildman–Crippen MR) is 78.3 cm³/mol. The number of likely N-dealkylation sites (tertiary alicyclic amines) is 1. The third kappa shape index (κ3) is 3.95. The van der Waals surface area contributed by atoms with Crippen LogP contribution >= 0.6 is 0 Å². The smallest absolute Gasteiger partial charge is 0.329 e. The molecule has 0 aromatic heterocycles. The summed E-state index contributed by atoms with van der Waals surface area (Å²) < 4.78 is 0. The van der Waals surface area contributed by atoms with Gasteiger partial charge in [-0.25, -0.2) is 4.79 Å². The Hall–Kier alpha value is -1.10. The van der Waals surface area contributed by atoms with Gasteiger partial charge >= 0.3 is 5.97 Å². The van der Waals surface area contributed by atoms with E-state index >= 15 is 0 Å². The number of carbonyl (C=O) groups is 2. The van der Waals surface area contributed by atoms with Gasteiger partial charge in [-0.1, -0.05) is 13.8 Å². The highest BCUT2D eigenvalue weighted by Crippen LogP contribution is 2.31. The van der Waals surface area contributed by atoms with E-state index in [4.69, 9.17) is 5.73 Å². The van der Waals surface area contributed by atoms with Crippen LogP contribution in [0.3, 0.4) is 0 Å². The van der Waals surface area contributed by atoms with Crippen LogP contribution in [0.15, 0.2) is 0 Å². The Morgan fingerprint density at radius 2 is 1.95 bits per heavy atom. The molecule has 1 atom stereocenters. The van der Waals surface area contributed by atoms with Gasteiger partial charge in [0, 0.05) is 13.0 Å². The maximum Gasteiger partial charge on any atom is 0.329 e. The highest BCUT2D eigenvalue weighted by atomic mass is 16.4. The van der Waals surface area contributed by atoms with Crippen LogP contribution < -0.4 is 5.73 Å². The zero-order valence-corrected chi connectivity index (χ0v) is 12.9. The Morgan fingerprint density at radius 3 is 2.50 bits per heavy atom. The molecule has 20 heavy (non-hydrogen) atoms. The molecule has 0 bridgehead atoms. The van der Waals surface area contributed by atoms with Gasteiger partial charge in [0.05, 0.1) is 0 Å². The molecule has 1 aliphatic heterocycles. The average molecular weight is 284 g/mol. The van der Waals surface area contributed by atoms with Gasteiger partial charge in [-0.2, -0.15) is 0 Å². The largest absolute Gasteiger partial charge is 0.480 e. The molecule has 1 rings (SSSR count). The minimum atomic E-state index is -1.03. The second kappa shape index (κ2) is 6.57. The molecule has 1 aliphatic rings. The summed E-state index contributed by atoms with van der Waals surface area (Å²) in [5, 5.41) is 9.42. The molecular formula is C15H28N2O3. The SMILES string of the molecule is CC(C)(CCN)CCC(=O)N1CCCCC1(C)C(=O)O. The van der Waals surface area contributed by atoms with Crippen molar-refractivity contribution in [2.45, 2.75) is 64.8 Å². The third-order valence-electron chi connectivity index (χ3n) is 4.49. The summed E-state index contributed by atoms with van der Waals surface area (Å²) in [6.45, 7) is 7.02. The van der Waals surface area contributed by atoms with E-state index < -0.39 is 11.5 Å². The van der Waals surface area contributed by atoms with Crippen LogP contribution in [-0.4, -0.2) is 40.5 Å². The first-order chi connectivity index (χ1) is 9.23. The molecule has 1 amide bonds. The summed E-state index contributed by atoms with van der Waals surface area (Å²) in [4.78, 5) is 25.5. The zero-order chi connectivity index (χ0) is 15.4. The number of amides is 1. The lowest BCUT2D eigenvalue weighted by molar-refractivity contribution is -0.161. The molecule has 1 saturated heterocycles. The van der Waals surface area contributed by atoms with Gasteiger partial charge in [0.1, 0.15) is 5.54 Å². The highest BCUT2D eigenvalue weighted by Gasteiger charge is 2.43. The number of carboxylic acids is 1. The molecule has 0 radical (unpaired) electrons. The van der Waals surface area contributed by atoms with Gasteiger partial charge in [0.15, 0.2) is 0 Å². The van der Waals surface area contributed by atoms with Crippen LogP contribution in [0.4, 0.5) is 0 Å². The lowest BCUT2D eigenvalue weighted by atomic mass is 9.83. The number of nitrogens with zero attached hydrogens (tertiary/aromatic N) is 1. The maximum absolute atomic E-state index is 12.4. The quantitative estimate of drug-likeness (QED) is 0.781. The van der Waals surface area contributed by atoms with Gasteiger partial charge in [-0.3, -0.25) is 4.79 Å². The minimum absolute atomic E-state index is 0.0276. The number of hydrogen-bond donors (Lipinski definition) is 2. The van der Waals surface area contributed by atoms with Crippen LogP contribution in [-0.2, 0) is 9.59 Å². The molecule has 0 saturated carbocycles.